The van der Waals surface area contributed by atoms with Crippen LogP contribution in [-0.2, 0) is 0 Å². The first kappa shape index (κ1) is 11.5. The second kappa shape index (κ2) is 4.92. The molecule has 0 aliphatic heterocycles. The topological polar surface area (TPSA) is 82.1 Å². The minimum Gasteiger partial charge on any atom is -0.395 e. The molecule has 6 nitrogen and oxygen atoms in total. The largest absolute Gasteiger partial charge is 0.395 e. The SMILES string of the molecule is CCN(CCO)C(=O)c1n[nH]c2ccncc12. The van der Waals surface area contributed by atoms with Gasteiger partial charge in [-0.05, 0) is 13.0 Å². The van der Waals surface area contributed by atoms with Crippen molar-refractivity contribution in [1.82, 2.24) is 20.1 Å². The van der Waals surface area contributed by atoms with Crippen molar-refractivity contribution in [3.8, 4) is 0 Å². The molecule has 0 bridgehead atoms. The van der Waals surface area contributed by atoms with Gasteiger partial charge in [-0.3, -0.25) is 14.9 Å². The number of carbonyl (C=O) groups excluding carboxylic acids is 1. The van der Waals surface area contributed by atoms with Gasteiger partial charge >= 0.3 is 0 Å². The summed E-state index contributed by atoms with van der Waals surface area (Å²) < 4.78 is 0. The Bertz CT molecular complexity index is 523. The lowest BCUT2D eigenvalue weighted by Crippen LogP contribution is -2.33. The van der Waals surface area contributed by atoms with Gasteiger partial charge in [0.1, 0.15) is 0 Å². The first-order valence-electron chi connectivity index (χ1n) is 5.46. The predicted octanol–water partition coefficient (Wildman–Crippen LogP) is 0.412. The first-order valence-corrected chi connectivity index (χ1v) is 5.46. The van der Waals surface area contributed by atoms with Gasteiger partial charge in [-0.2, -0.15) is 5.10 Å². The number of aliphatic hydroxyl groups is 1. The normalized spacial score (nSPS) is 10.7. The Morgan fingerprint density at radius 3 is 3.12 bits per heavy atom. The fraction of sp³-hybridized carbons (Fsp3) is 0.364. The zero-order chi connectivity index (χ0) is 12.3. The van der Waals surface area contributed by atoms with Crippen LogP contribution in [0.3, 0.4) is 0 Å². The molecule has 0 saturated carbocycles. The van der Waals surface area contributed by atoms with Gasteiger partial charge in [0.15, 0.2) is 5.69 Å². The first-order chi connectivity index (χ1) is 8.27. The summed E-state index contributed by atoms with van der Waals surface area (Å²) in [6.45, 7) is 2.65. The highest BCUT2D eigenvalue weighted by molar-refractivity contribution is 6.04. The standard InChI is InChI=1S/C11H14N4O2/c1-2-15(5-6-16)11(17)10-8-7-12-4-3-9(8)13-14-10/h3-4,7,16H,2,5-6H2,1H3,(H,13,14). The quantitative estimate of drug-likeness (QED) is 0.802. The van der Waals surface area contributed by atoms with Gasteiger partial charge in [0.05, 0.1) is 17.5 Å². The van der Waals surface area contributed by atoms with Crippen molar-refractivity contribution in [1.29, 1.82) is 0 Å². The van der Waals surface area contributed by atoms with Crippen LogP contribution >= 0.6 is 0 Å². The molecule has 90 valence electrons. The van der Waals surface area contributed by atoms with E-state index in [2.05, 4.69) is 15.2 Å². The average Bonchev–Trinajstić information content (AvgIpc) is 2.79. The van der Waals surface area contributed by atoms with Crippen molar-refractivity contribution in [3.05, 3.63) is 24.2 Å². The summed E-state index contributed by atoms with van der Waals surface area (Å²) >= 11 is 0. The third-order valence-electron chi connectivity index (χ3n) is 2.61. The van der Waals surface area contributed by atoms with Crippen molar-refractivity contribution < 1.29 is 9.90 Å². The number of pyridine rings is 1. The molecule has 17 heavy (non-hydrogen) atoms. The van der Waals surface area contributed by atoms with Crippen molar-refractivity contribution in [2.24, 2.45) is 0 Å². The number of hydrogen-bond acceptors (Lipinski definition) is 4. The van der Waals surface area contributed by atoms with Gasteiger partial charge in [-0.25, -0.2) is 0 Å². The third-order valence-corrected chi connectivity index (χ3v) is 2.61. The van der Waals surface area contributed by atoms with E-state index < -0.39 is 0 Å². The molecule has 0 atom stereocenters. The molecule has 2 aromatic rings. The lowest BCUT2D eigenvalue weighted by molar-refractivity contribution is 0.0728. The van der Waals surface area contributed by atoms with Gasteiger partial charge in [0, 0.05) is 25.5 Å². The van der Waals surface area contributed by atoms with Crippen LogP contribution in [0.5, 0.6) is 0 Å². The van der Waals surface area contributed by atoms with E-state index in [1.54, 1.807) is 23.4 Å². The maximum Gasteiger partial charge on any atom is 0.275 e. The number of rotatable bonds is 4. The molecule has 0 aromatic carbocycles. The number of H-pyrrole nitrogens is 1. The van der Waals surface area contributed by atoms with Gasteiger partial charge in [-0.15, -0.1) is 0 Å². The summed E-state index contributed by atoms with van der Waals surface area (Å²) in [6, 6.07) is 1.77. The molecule has 0 aliphatic rings. The number of hydrogen-bond donors (Lipinski definition) is 2. The summed E-state index contributed by atoms with van der Waals surface area (Å²) in [7, 11) is 0. The second-order valence-electron chi connectivity index (χ2n) is 3.60. The van der Waals surface area contributed by atoms with Crippen LogP contribution in [0.25, 0.3) is 10.9 Å². The van der Waals surface area contributed by atoms with E-state index in [0.29, 0.717) is 24.2 Å². The van der Waals surface area contributed by atoms with E-state index in [-0.39, 0.29) is 12.5 Å². The molecule has 6 heteroatoms. The van der Waals surface area contributed by atoms with Crippen LogP contribution in [0.15, 0.2) is 18.5 Å². The number of aliphatic hydroxyl groups excluding tert-OH is 1. The van der Waals surface area contributed by atoms with Crippen LogP contribution in [0.4, 0.5) is 0 Å². The molecular weight excluding hydrogens is 220 g/mol. The Kier molecular flexibility index (Phi) is 3.34. The van der Waals surface area contributed by atoms with E-state index in [1.807, 2.05) is 6.92 Å². The van der Waals surface area contributed by atoms with Crippen LogP contribution < -0.4 is 0 Å². The molecule has 0 aliphatic carbocycles. The van der Waals surface area contributed by atoms with Crippen molar-refractivity contribution >= 4 is 16.8 Å². The smallest absolute Gasteiger partial charge is 0.275 e. The Morgan fingerprint density at radius 1 is 1.59 bits per heavy atom. The van der Waals surface area contributed by atoms with E-state index in [9.17, 15) is 4.79 Å². The number of fused-ring (bicyclic) bond motifs is 1. The molecule has 0 spiro atoms. The Balaban J connectivity index is 2.36. The molecule has 0 radical (unpaired) electrons. The lowest BCUT2D eigenvalue weighted by atomic mass is 10.2. The molecule has 0 saturated heterocycles. The fourth-order valence-corrected chi connectivity index (χ4v) is 1.69. The maximum absolute atomic E-state index is 12.1. The van der Waals surface area contributed by atoms with E-state index in [1.165, 1.54) is 0 Å². The minimum absolute atomic E-state index is 0.0554. The van der Waals surface area contributed by atoms with E-state index in [0.717, 1.165) is 5.52 Å². The number of likely N-dealkylation sites (N-methyl/N-ethyl adjacent to an activating group) is 1. The zero-order valence-corrected chi connectivity index (χ0v) is 9.55. The average molecular weight is 234 g/mol. The number of aromatic nitrogens is 3. The third kappa shape index (κ3) is 2.12. The van der Waals surface area contributed by atoms with Crippen LogP contribution in [0.2, 0.25) is 0 Å². The van der Waals surface area contributed by atoms with E-state index >= 15 is 0 Å². The number of amides is 1. The van der Waals surface area contributed by atoms with Crippen molar-refractivity contribution in [2.45, 2.75) is 6.92 Å². The molecular formula is C11H14N4O2. The summed E-state index contributed by atoms with van der Waals surface area (Å²) in [4.78, 5) is 17.7. The van der Waals surface area contributed by atoms with Crippen LogP contribution in [0.1, 0.15) is 17.4 Å². The Morgan fingerprint density at radius 2 is 2.41 bits per heavy atom. The Labute approximate surface area is 98.3 Å². The molecule has 1 amide bonds. The Hall–Kier alpha value is -1.95. The summed E-state index contributed by atoms with van der Waals surface area (Å²) in [5.74, 6) is -0.194. The van der Waals surface area contributed by atoms with Gasteiger partial charge in [-0.1, -0.05) is 0 Å². The zero-order valence-electron chi connectivity index (χ0n) is 9.55. The maximum atomic E-state index is 12.1. The molecule has 2 aromatic heterocycles. The highest BCUT2D eigenvalue weighted by Crippen LogP contribution is 2.15. The summed E-state index contributed by atoms with van der Waals surface area (Å²) in [5, 5.41) is 16.4. The highest BCUT2D eigenvalue weighted by atomic mass is 16.3. The monoisotopic (exact) mass is 234 g/mol. The predicted molar refractivity (Wildman–Crippen MR) is 62.6 cm³/mol. The molecule has 0 fully saturated rings. The van der Waals surface area contributed by atoms with Crippen molar-refractivity contribution in [3.63, 3.8) is 0 Å². The lowest BCUT2D eigenvalue weighted by Gasteiger charge is -2.18. The number of nitrogens with zero attached hydrogens (tertiary/aromatic N) is 3. The highest BCUT2D eigenvalue weighted by Gasteiger charge is 2.19. The molecule has 2 N–H and O–H groups in total. The number of carbonyl (C=O) groups is 1. The van der Waals surface area contributed by atoms with Crippen LogP contribution in [0, 0.1) is 0 Å². The number of nitrogens with one attached hydrogen (secondary N) is 1. The summed E-state index contributed by atoms with van der Waals surface area (Å²) in [6.07, 6.45) is 3.25. The second-order valence-corrected chi connectivity index (χ2v) is 3.60. The van der Waals surface area contributed by atoms with Gasteiger partial charge < -0.3 is 10.0 Å². The molecule has 2 rings (SSSR count). The summed E-state index contributed by atoms with van der Waals surface area (Å²) in [5.41, 5.74) is 1.13. The van der Waals surface area contributed by atoms with E-state index in [4.69, 9.17) is 5.11 Å². The fourth-order valence-electron chi connectivity index (χ4n) is 1.69. The van der Waals surface area contributed by atoms with Gasteiger partial charge in [0.25, 0.3) is 5.91 Å². The molecule has 0 unspecified atom stereocenters. The van der Waals surface area contributed by atoms with Crippen LogP contribution in [-0.4, -0.2) is 50.8 Å². The van der Waals surface area contributed by atoms with Gasteiger partial charge in [0.2, 0.25) is 0 Å². The van der Waals surface area contributed by atoms with Crippen molar-refractivity contribution in [2.75, 3.05) is 19.7 Å². The molecule has 2 heterocycles. The minimum atomic E-state index is -0.194. The number of aromatic amines is 1.